The molecule has 3 unspecified atom stereocenters. The van der Waals surface area contributed by atoms with Gasteiger partial charge in [0.05, 0.1) is 23.3 Å². The Hall–Kier alpha value is -2.85. The highest BCUT2D eigenvalue weighted by atomic mass is 32.2. The zero-order valence-corrected chi connectivity index (χ0v) is 17.7. The number of aliphatic imine (C=N–C) groups is 1. The molecule has 5 rings (SSSR count). The van der Waals surface area contributed by atoms with Gasteiger partial charge in [-0.05, 0) is 54.0 Å². The maximum absolute atomic E-state index is 13.5. The maximum atomic E-state index is 13.5. The minimum Gasteiger partial charge on any atom is -0.375 e. The first-order valence-electron chi connectivity index (χ1n) is 10.4. The molecular formula is C26H24N2OS. The number of anilines is 1. The molecule has 0 amide bonds. The highest BCUT2D eigenvalue weighted by molar-refractivity contribution is 7.98. The molecule has 0 radical (unpaired) electrons. The molecule has 0 saturated heterocycles. The number of Topliss-reactive ketones (excluding diaryl/α,β-unsaturated/α-hetero) is 1. The van der Waals surface area contributed by atoms with Gasteiger partial charge in [0, 0.05) is 17.0 Å². The van der Waals surface area contributed by atoms with Crippen molar-refractivity contribution in [3.05, 3.63) is 90.0 Å². The van der Waals surface area contributed by atoms with Gasteiger partial charge in [-0.1, -0.05) is 54.6 Å². The van der Waals surface area contributed by atoms with E-state index in [0.717, 1.165) is 29.1 Å². The lowest BCUT2D eigenvalue weighted by Crippen LogP contribution is -2.38. The Labute approximate surface area is 181 Å². The van der Waals surface area contributed by atoms with Gasteiger partial charge in [0.1, 0.15) is 5.78 Å². The molecule has 3 nitrogen and oxygen atoms in total. The van der Waals surface area contributed by atoms with Crippen LogP contribution in [0.5, 0.6) is 0 Å². The Morgan fingerprint density at radius 1 is 0.867 bits per heavy atom. The summed E-state index contributed by atoms with van der Waals surface area (Å²) in [6.07, 6.45) is 3.45. The molecule has 1 aliphatic carbocycles. The summed E-state index contributed by atoms with van der Waals surface area (Å²) in [5.41, 5.74) is 5.26. The van der Waals surface area contributed by atoms with E-state index in [-0.39, 0.29) is 23.7 Å². The number of benzene rings is 3. The monoisotopic (exact) mass is 412 g/mol. The first-order chi connectivity index (χ1) is 14.7. The number of hydrogen-bond acceptors (Lipinski definition) is 4. The molecule has 150 valence electrons. The van der Waals surface area contributed by atoms with E-state index in [2.05, 4.69) is 54.0 Å². The van der Waals surface area contributed by atoms with E-state index in [1.54, 1.807) is 11.8 Å². The van der Waals surface area contributed by atoms with E-state index >= 15 is 0 Å². The SMILES string of the molecule is CSc1ccc(C2Nc3ccccc3N=C3CC(c4ccccc4)CC(=O)C32)cc1. The normalized spacial score (nSPS) is 22.9. The van der Waals surface area contributed by atoms with Crippen LogP contribution in [0.25, 0.3) is 0 Å². The standard InChI is InChI=1S/C26H24N2OS/c1-30-20-13-11-18(12-14-20)26-25-23(27-21-9-5-6-10-22(21)28-26)15-19(16-24(25)29)17-7-3-2-4-8-17/h2-14,19,25-26,28H,15-16H2,1H3. The molecule has 1 saturated carbocycles. The molecule has 1 aliphatic heterocycles. The van der Waals surface area contributed by atoms with Gasteiger partial charge >= 0.3 is 0 Å². The summed E-state index contributed by atoms with van der Waals surface area (Å²) in [6, 6.07) is 26.9. The fourth-order valence-corrected chi connectivity index (χ4v) is 5.06. The van der Waals surface area contributed by atoms with Gasteiger partial charge < -0.3 is 5.32 Å². The van der Waals surface area contributed by atoms with Gasteiger partial charge in [-0.25, -0.2) is 0 Å². The van der Waals surface area contributed by atoms with Crippen LogP contribution in [0.4, 0.5) is 11.4 Å². The van der Waals surface area contributed by atoms with E-state index in [9.17, 15) is 4.79 Å². The van der Waals surface area contributed by atoms with Crippen LogP contribution in [0.3, 0.4) is 0 Å². The quantitative estimate of drug-likeness (QED) is 0.505. The summed E-state index contributed by atoms with van der Waals surface area (Å²) in [5, 5.41) is 3.66. The second kappa shape index (κ2) is 8.11. The number of carbonyl (C=O) groups excluding carboxylic acids is 1. The lowest BCUT2D eigenvalue weighted by molar-refractivity contribution is -0.122. The first kappa shape index (κ1) is 19.1. The van der Waals surface area contributed by atoms with Crippen LogP contribution in [-0.2, 0) is 4.79 Å². The average Bonchev–Trinajstić information content (AvgIpc) is 2.96. The van der Waals surface area contributed by atoms with Gasteiger partial charge in [-0.3, -0.25) is 9.79 Å². The van der Waals surface area contributed by atoms with E-state index in [1.807, 2.05) is 36.4 Å². The minimum absolute atomic E-state index is 0.104. The van der Waals surface area contributed by atoms with Crippen molar-refractivity contribution in [1.82, 2.24) is 0 Å². The van der Waals surface area contributed by atoms with Crippen molar-refractivity contribution in [2.45, 2.75) is 29.7 Å². The van der Waals surface area contributed by atoms with Crippen LogP contribution < -0.4 is 5.32 Å². The molecule has 4 heteroatoms. The third-order valence-corrected chi connectivity index (χ3v) is 6.91. The van der Waals surface area contributed by atoms with E-state index < -0.39 is 0 Å². The highest BCUT2D eigenvalue weighted by Crippen LogP contribution is 2.44. The van der Waals surface area contributed by atoms with Gasteiger partial charge in [0.15, 0.2) is 0 Å². The van der Waals surface area contributed by atoms with Crippen LogP contribution in [0.2, 0.25) is 0 Å². The minimum atomic E-state index is -0.238. The summed E-state index contributed by atoms with van der Waals surface area (Å²) >= 11 is 1.73. The molecule has 3 aromatic carbocycles. The fourth-order valence-electron chi connectivity index (χ4n) is 4.65. The number of nitrogens with zero attached hydrogens (tertiary/aromatic N) is 1. The van der Waals surface area contributed by atoms with Crippen molar-refractivity contribution in [3.8, 4) is 0 Å². The number of para-hydroxylation sites is 2. The number of nitrogens with one attached hydrogen (secondary N) is 1. The van der Waals surface area contributed by atoms with Gasteiger partial charge in [-0.2, -0.15) is 0 Å². The summed E-state index contributed by atoms with van der Waals surface area (Å²) in [7, 11) is 0. The smallest absolute Gasteiger partial charge is 0.144 e. The Bertz CT molecular complexity index is 1090. The van der Waals surface area contributed by atoms with Crippen molar-refractivity contribution < 1.29 is 4.79 Å². The Morgan fingerprint density at radius 3 is 2.37 bits per heavy atom. The number of ketones is 1. The first-order valence-corrected chi connectivity index (χ1v) is 11.6. The van der Waals surface area contributed by atoms with Crippen LogP contribution >= 0.6 is 11.8 Å². The van der Waals surface area contributed by atoms with Gasteiger partial charge in [-0.15, -0.1) is 11.8 Å². The Balaban J connectivity index is 1.58. The number of hydrogen-bond donors (Lipinski definition) is 1. The zero-order chi connectivity index (χ0) is 20.5. The molecule has 2 aliphatic rings. The molecule has 1 heterocycles. The predicted octanol–water partition coefficient (Wildman–Crippen LogP) is 6.41. The van der Waals surface area contributed by atoms with Crippen molar-refractivity contribution in [2.75, 3.05) is 11.6 Å². The highest BCUT2D eigenvalue weighted by Gasteiger charge is 2.41. The summed E-state index contributed by atoms with van der Waals surface area (Å²) in [6.45, 7) is 0. The van der Waals surface area contributed by atoms with Gasteiger partial charge in [0.25, 0.3) is 0 Å². The molecule has 0 bridgehead atoms. The molecule has 1 N–H and O–H groups in total. The maximum Gasteiger partial charge on any atom is 0.144 e. The number of carbonyl (C=O) groups is 1. The van der Waals surface area contributed by atoms with Crippen LogP contribution in [0.15, 0.2) is 88.8 Å². The molecule has 30 heavy (non-hydrogen) atoms. The largest absolute Gasteiger partial charge is 0.375 e. The van der Waals surface area contributed by atoms with E-state index in [1.165, 1.54) is 10.5 Å². The van der Waals surface area contributed by atoms with Gasteiger partial charge in [0.2, 0.25) is 0 Å². The van der Waals surface area contributed by atoms with E-state index in [4.69, 9.17) is 4.99 Å². The van der Waals surface area contributed by atoms with Crippen molar-refractivity contribution >= 4 is 34.6 Å². The second-order valence-corrected chi connectivity index (χ2v) is 8.85. The van der Waals surface area contributed by atoms with Crippen LogP contribution in [-0.4, -0.2) is 17.8 Å². The molecule has 3 aromatic rings. The third kappa shape index (κ3) is 3.56. The lowest BCUT2D eigenvalue weighted by atomic mass is 9.72. The Kier molecular flexibility index (Phi) is 5.17. The third-order valence-electron chi connectivity index (χ3n) is 6.17. The zero-order valence-electron chi connectivity index (χ0n) is 16.9. The number of thioether (sulfide) groups is 1. The van der Waals surface area contributed by atoms with Crippen molar-refractivity contribution in [1.29, 1.82) is 0 Å². The van der Waals surface area contributed by atoms with E-state index in [0.29, 0.717) is 6.42 Å². The van der Waals surface area contributed by atoms with Crippen LogP contribution in [0.1, 0.15) is 35.9 Å². The molecule has 3 atom stereocenters. The summed E-state index contributed by atoms with van der Waals surface area (Å²) < 4.78 is 0. The molecule has 1 fully saturated rings. The Morgan fingerprint density at radius 2 is 1.60 bits per heavy atom. The average molecular weight is 413 g/mol. The summed E-state index contributed by atoms with van der Waals surface area (Å²) in [4.78, 5) is 19.7. The second-order valence-electron chi connectivity index (χ2n) is 7.98. The number of fused-ring (bicyclic) bond motifs is 2. The molecule has 0 aromatic heterocycles. The van der Waals surface area contributed by atoms with Crippen molar-refractivity contribution in [2.24, 2.45) is 10.9 Å². The lowest BCUT2D eigenvalue weighted by Gasteiger charge is -2.34. The predicted molar refractivity (Wildman–Crippen MR) is 125 cm³/mol. The molecule has 0 spiro atoms. The molecular weight excluding hydrogens is 388 g/mol. The summed E-state index contributed by atoms with van der Waals surface area (Å²) in [5.74, 6) is 0.226. The van der Waals surface area contributed by atoms with Crippen LogP contribution in [0, 0.1) is 5.92 Å². The fraction of sp³-hybridized carbons (Fsp3) is 0.231. The number of rotatable bonds is 3. The topological polar surface area (TPSA) is 41.5 Å². The van der Waals surface area contributed by atoms with Crippen molar-refractivity contribution in [3.63, 3.8) is 0 Å².